The molecule has 0 bridgehead atoms. The average Bonchev–Trinajstić information content (AvgIpc) is 2.59. The molecule has 0 unspecified atom stereocenters. The van der Waals surface area contributed by atoms with Gasteiger partial charge >= 0.3 is 0 Å². The van der Waals surface area contributed by atoms with E-state index in [1.807, 2.05) is 32.0 Å². The highest BCUT2D eigenvalue weighted by molar-refractivity contribution is 7.92. The van der Waals surface area contributed by atoms with Gasteiger partial charge in [0.25, 0.3) is 0 Å². The van der Waals surface area contributed by atoms with Gasteiger partial charge in [-0.25, -0.2) is 8.42 Å². The molecule has 1 amide bonds. The lowest BCUT2D eigenvalue weighted by molar-refractivity contribution is -0.114. The first-order valence-corrected chi connectivity index (χ1v) is 10.1. The topological polar surface area (TPSA) is 66.5 Å². The number of hydrogen-bond donors (Lipinski definition) is 1. The molecule has 0 saturated carbocycles. The van der Waals surface area contributed by atoms with E-state index < -0.39 is 10.0 Å². The normalized spacial score (nSPS) is 11.2. The summed E-state index contributed by atoms with van der Waals surface area (Å²) in [6.07, 6.45) is 2.68. The van der Waals surface area contributed by atoms with E-state index in [1.54, 1.807) is 30.3 Å². The van der Waals surface area contributed by atoms with Crippen LogP contribution in [0.2, 0.25) is 0 Å². The van der Waals surface area contributed by atoms with Gasteiger partial charge in [-0.15, -0.1) is 0 Å². The SMILES string of the molecule is CCc1cccc(CC)c1NC(=O)CN(c1ccccc1)S(C)(=O)=O. The molecule has 0 radical (unpaired) electrons. The second-order valence-corrected chi connectivity index (χ2v) is 7.72. The number of para-hydroxylation sites is 2. The van der Waals surface area contributed by atoms with E-state index in [1.165, 1.54) is 0 Å². The van der Waals surface area contributed by atoms with E-state index in [2.05, 4.69) is 5.32 Å². The van der Waals surface area contributed by atoms with Crippen molar-refractivity contribution in [2.45, 2.75) is 26.7 Å². The van der Waals surface area contributed by atoms with Gasteiger partial charge in [0.15, 0.2) is 0 Å². The molecule has 25 heavy (non-hydrogen) atoms. The molecule has 0 aliphatic rings. The van der Waals surface area contributed by atoms with Crippen molar-refractivity contribution in [2.24, 2.45) is 0 Å². The number of benzene rings is 2. The van der Waals surface area contributed by atoms with Gasteiger partial charge < -0.3 is 5.32 Å². The minimum atomic E-state index is -3.56. The van der Waals surface area contributed by atoms with Crippen molar-refractivity contribution in [1.82, 2.24) is 0 Å². The van der Waals surface area contributed by atoms with Crippen LogP contribution >= 0.6 is 0 Å². The second kappa shape index (κ2) is 8.16. The third kappa shape index (κ3) is 4.82. The summed E-state index contributed by atoms with van der Waals surface area (Å²) >= 11 is 0. The summed E-state index contributed by atoms with van der Waals surface area (Å²) in [5.41, 5.74) is 3.34. The number of hydrogen-bond acceptors (Lipinski definition) is 3. The summed E-state index contributed by atoms with van der Waals surface area (Å²) in [4.78, 5) is 12.6. The molecule has 2 aromatic rings. The van der Waals surface area contributed by atoms with Crippen LogP contribution in [0.3, 0.4) is 0 Å². The number of nitrogens with one attached hydrogen (secondary N) is 1. The Kier molecular flexibility index (Phi) is 6.20. The molecule has 0 saturated heterocycles. The molecule has 0 atom stereocenters. The summed E-state index contributed by atoms with van der Waals surface area (Å²) in [6.45, 7) is 3.79. The smallest absolute Gasteiger partial charge is 0.245 e. The van der Waals surface area contributed by atoms with Gasteiger partial charge in [-0.1, -0.05) is 50.2 Å². The molecule has 134 valence electrons. The van der Waals surface area contributed by atoms with E-state index in [-0.39, 0.29) is 12.5 Å². The van der Waals surface area contributed by atoms with E-state index in [4.69, 9.17) is 0 Å². The van der Waals surface area contributed by atoms with Crippen LogP contribution in [-0.4, -0.2) is 27.1 Å². The third-order valence-electron chi connectivity index (χ3n) is 3.99. The Morgan fingerprint density at radius 2 is 1.52 bits per heavy atom. The Morgan fingerprint density at radius 1 is 0.960 bits per heavy atom. The van der Waals surface area contributed by atoms with Crippen molar-refractivity contribution in [3.8, 4) is 0 Å². The van der Waals surface area contributed by atoms with Crippen molar-refractivity contribution in [3.63, 3.8) is 0 Å². The average molecular weight is 360 g/mol. The number of amides is 1. The molecule has 6 heteroatoms. The van der Waals surface area contributed by atoms with Crippen LogP contribution in [0.1, 0.15) is 25.0 Å². The maximum absolute atomic E-state index is 12.6. The van der Waals surface area contributed by atoms with Crippen LogP contribution in [0.25, 0.3) is 0 Å². The Labute approximate surface area is 149 Å². The Morgan fingerprint density at radius 3 is 2.00 bits per heavy atom. The number of carbonyl (C=O) groups is 1. The molecule has 0 aliphatic carbocycles. The lowest BCUT2D eigenvalue weighted by atomic mass is 10.0. The summed E-state index contributed by atoms with van der Waals surface area (Å²) in [5.74, 6) is -0.357. The van der Waals surface area contributed by atoms with Crippen molar-refractivity contribution < 1.29 is 13.2 Å². The van der Waals surface area contributed by atoms with Crippen LogP contribution < -0.4 is 9.62 Å². The molecule has 0 fully saturated rings. The molecule has 0 aromatic heterocycles. The lowest BCUT2D eigenvalue weighted by Crippen LogP contribution is -2.37. The molecule has 5 nitrogen and oxygen atoms in total. The lowest BCUT2D eigenvalue weighted by Gasteiger charge is -2.22. The quantitative estimate of drug-likeness (QED) is 0.824. The van der Waals surface area contributed by atoms with Gasteiger partial charge in [0.2, 0.25) is 15.9 Å². The molecule has 0 spiro atoms. The number of nitrogens with zero attached hydrogens (tertiary/aromatic N) is 1. The minimum absolute atomic E-state index is 0.260. The molecular formula is C19H24N2O3S. The second-order valence-electron chi connectivity index (χ2n) is 5.81. The summed E-state index contributed by atoms with van der Waals surface area (Å²) in [5, 5.41) is 2.91. The first kappa shape index (κ1) is 19.0. The fourth-order valence-corrected chi connectivity index (χ4v) is 3.56. The Bertz CT molecular complexity index is 811. The number of rotatable bonds is 7. The summed E-state index contributed by atoms with van der Waals surface area (Å²) in [6, 6.07) is 14.5. The van der Waals surface area contributed by atoms with Gasteiger partial charge in [-0.05, 0) is 36.1 Å². The Hall–Kier alpha value is -2.34. The zero-order valence-corrected chi connectivity index (χ0v) is 15.6. The zero-order valence-electron chi connectivity index (χ0n) is 14.8. The van der Waals surface area contributed by atoms with Gasteiger partial charge in [0.05, 0.1) is 11.9 Å². The monoisotopic (exact) mass is 360 g/mol. The van der Waals surface area contributed by atoms with Crippen molar-refractivity contribution in [2.75, 3.05) is 22.4 Å². The molecule has 2 aromatic carbocycles. The fraction of sp³-hybridized carbons (Fsp3) is 0.316. The molecule has 0 aliphatic heterocycles. The number of sulfonamides is 1. The Balaban J connectivity index is 2.27. The highest BCUT2D eigenvalue weighted by atomic mass is 32.2. The third-order valence-corrected chi connectivity index (χ3v) is 5.14. The molecule has 0 heterocycles. The maximum atomic E-state index is 12.6. The first-order valence-electron chi connectivity index (χ1n) is 8.30. The number of aryl methyl sites for hydroxylation is 2. The molecular weight excluding hydrogens is 336 g/mol. The van der Waals surface area contributed by atoms with E-state index in [0.29, 0.717) is 5.69 Å². The first-order chi connectivity index (χ1) is 11.9. The maximum Gasteiger partial charge on any atom is 0.245 e. The standard InChI is InChI=1S/C19H24N2O3S/c1-4-15-10-9-11-16(5-2)19(15)20-18(22)14-21(25(3,23)24)17-12-7-6-8-13-17/h6-13H,4-5,14H2,1-3H3,(H,20,22). The van der Waals surface area contributed by atoms with E-state index in [0.717, 1.165) is 40.2 Å². The fourth-order valence-electron chi connectivity index (χ4n) is 2.71. The van der Waals surface area contributed by atoms with E-state index >= 15 is 0 Å². The molecule has 2 rings (SSSR count). The van der Waals surface area contributed by atoms with Crippen LogP contribution in [0.4, 0.5) is 11.4 Å². The highest BCUT2D eigenvalue weighted by Gasteiger charge is 2.21. The molecule has 1 N–H and O–H groups in total. The largest absolute Gasteiger partial charge is 0.324 e. The zero-order chi connectivity index (χ0) is 18.4. The van der Waals surface area contributed by atoms with Crippen molar-refractivity contribution in [3.05, 3.63) is 59.7 Å². The van der Waals surface area contributed by atoms with Crippen molar-refractivity contribution in [1.29, 1.82) is 0 Å². The van der Waals surface area contributed by atoms with Crippen LogP contribution in [-0.2, 0) is 27.7 Å². The number of anilines is 2. The summed E-state index contributed by atoms with van der Waals surface area (Å²) in [7, 11) is -3.56. The summed E-state index contributed by atoms with van der Waals surface area (Å²) < 4.78 is 25.3. The van der Waals surface area contributed by atoms with Gasteiger partial charge in [-0.2, -0.15) is 0 Å². The minimum Gasteiger partial charge on any atom is -0.324 e. The van der Waals surface area contributed by atoms with E-state index in [9.17, 15) is 13.2 Å². The van der Waals surface area contributed by atoms with Gasteiger partial charge in [0.1, 0.15) is 6.54 Å². The predicted molar refractivity (Wildman–Crippen MR) is 102 cm³/mol. The number of carbonyl (C=O) groups excluding carboxylic acids is 1. The van der Waals surface area contributed by atoms with Gasteiger partial charge in [-0.3, -0.25) is 9.10 Å². The van der Waals surface area contributed by atoms with Crippen LogP contribution in [0, 0.1) is 0 Å². The van der Waals surface area contributed by atoms with Crippen LogP contribution in [0.15, 0.2) is 48.5 Å². The van der Waals surface area contributed by atoms with Crippen molar-refractivity contribution >= 4 is 27.3 Å². The van der Waals surface area contributed by atoms with Crippen LogP contribution in [0.5, 0.6) is 0 Å². The predicted octanol–water partition coefficient (Wildman–Crippen LogP) is 3.22. The van der Waals surface area contributed by atoms with Gasteiger partial charge in [0, 0.05) is 5.69 Å². The highest BCUT2D eigenvalue weighted by Crippen LogP contribution is 2.23.